The van der Waals surface area contributed by atoms with Crippen molar-refractivity contribution < 1.29 is 0 Å². The molecular weight excluding hydrogens is 280 g/mol. The summed E-state index contributed by atoms with van der Waals surface area (Å²) in [7, 11) is 0. The molecule has 0 bridgehead atoms. The molecule has 0 unspecified atom stereocenters. The molecular formula is C18H17ClN2. The molecule has 3 aromatic rings. The first-order valence-corrected chi connectivity index (χ1v) is 7.36. The molecule has 0 saturated carbocycles. The highest BCUT2D eigenvalue weighted by atomic mass is 35.5. The average molecular weight is 297 g/mol. The number of halogens is 1. The standard InChI is InChI=1S/C18H17ClN2/c1-12-7-8-18(16(19)9-12)20-11-14-10-13(2)21-17-6-4-3-5-15(14)17/h3-10,20H,11H2,1-2H3. The maximum absolute atomic E-state index is 6.27. The summed E-state index contributed by atoms with van der Waals surface area (Å²) in [4.78, 5) is 4.57. The monoisotopic (exact) mass is 296 g/mol. The van der Waals surface area contributed by atoms with Crippen molar-refractivity contribution in [1.29, 1.82) is 0 Å². The van der Waals surface area contributed by atoms with Crippen LogP contribution in [0.2, 0.25) is 5.02 Å². The van der Waals surface area contributed by atoms with E-state index >= 15 is 0 Å². The third-order valence-corrected chi connectivity index (χ3v) is 3.84. The van der Waals surface area contributed by atoms with Gasteiger partial charge in [-0.1, -0.05) is 35.9 Å². The molecule has 1 N–H and O–H groups in total. The second-order valence-electron chi connectivity index (χ2n) is 5.28. The third kappa shape index (κ3) is 3.01. The highest BCUT2D eigenvalue weighted by Crippen LogP contribution is 2.25. The number of pyridine rings is 1. The van der Waals surface area contributed by atoms with Gasteiger partial charge in [0.05, 0.1) is 16.2 Å². The zero-order valence-corrected chi connectivity index (χ0v) is 12.9. The van der Waals surface area contributed by atoms with Crippen LogP contribution in [0.4, 0.5) is 5.69 Å². The normalized spacial score (nSPS) is 10.8. The fraction of sp³-hybridized carbons (Fsp3) is 0.167. The van der Waals surface area contributed by atoms with E-state index in [9.17, 15) is 0 Å². The number of anilines is 1. The molecule has 0 radical (unpaired) electrons. The molecule has 0 aliphatic rings. The Morgan fingerprint density at radius 2 is 1.86 bits per heavy atom. The fourth-order valence-electron chi connectivity index (χ4n) is 2.50. The van der Waals surface area contributed by atoms with E-state index in [0.717, 1.165) is 34.0 Å². The highest BCUT2D eigenvalue weighted by molar-refractivity contribution is 6.33. The number of aromatic nitrogens is 1. The van der Waals surface area contributed by atoms with Crippen molar-refractivity contribution in [3.05, 3.63) is 70.4 Å². The highest BCUT2D eigenvalue weighted by Gasteiger charge is 2.05. The van der Waals surface area contributed by atoms with Crippen molar-refractivity contribution >= 4 is 28.2 Å². The van der Waals surface area contributed by atoms with Crippen molar-refractivity contribution in [3.8, 4) is 0 Å². The lowest BCUT2D eigenvalue weighted by molar-refractivity contribution is 1.13. The molecule has 2 aromatic carbocycles. The number of para-hydroxylation sites is 1. The van der Waals surface area contributed by atoms with Gasteiger partial charge in [-0.3, -0.25) is 4.98 Å². The molecule has 106 valence electrons. The summed E-state index contributed by atoms with van der Waals surface area (Å²) in [6, 6.07) is 16.4. The van der Waals surface area contributed by atoms with Gasteiger partial charge < -0.3 is 5.32 Å². The van der Waals surface area contributed by atoms with E-state index < -0.39 is 0 Å². The maximum Gasteiger partial charge on any atom is 0.0708 e. The molecule has 0 aliphatic carbocycles. The lowest BCUT2D eigenvalue weighted by Gasteiger charge is -2.12. The summed E-state index contributed by atoms with van der Waals surface area (Å²) in [6.45, 7) is 4.79. The fourth-order valence-corrected chi connectivity index (χ4v) is 2.80. The first-order chi connectivity index (χ1) is 10.1. The van der Waals surface area contributed by atoms with Crippen LogP contribution in [0.5, 0.6) is 0 Å². The second-order valence-corrected chi connectivity index (χ2v) is 5.68. The van der Waals surface area contributed by atoms with Crippen LogP contribution >= 0.6 is 11.6 Å². The second kappa shape index (κ2) is 5.74. The zero-order valence-electron chi connectivity index (χ0n) is 12.2. The summed E-state index contributed by atoms with van der Waals surface area (Å²) in [5.41, 5.74) is 5.41. The first-order valence-electron chi connectivity index (χ1n) is 6.99. The number of nitrogens with one attached hydrogen (secondary N) is 1. The Kier molecular flexibility index (Phi) is 3.80. The van der Waals surface area contributed by atoms with E-state index in [2.05, 4.69) is 28.5 Å². The minimum Gasteiger partial charge on any atom is -0.380 e. The van der Waals surface area contributed by atoms with Gasteiger partial charge in [-0.05, 0) is 49.2 Å². The molecule has 21 heavy (non-hydrogen) atoms. The molecule has 1 aromatic heterocycles. The number of benzene rings is 2. The van der Waals surface area contributed by atoms with Gasteiger partial charge in [0.2, 0.25) is 0 Å². The Bertz CT molecular complexity index is 796. The predicted octanol–water partition coefficient (Wildman–Crippen LogP) is 5.12. The van der Waals surface area contributed by atoms with Crippen molar-refractivity contribution in [2.24, 2.45) is 0 Å². The minimum atomic E-state index is 0.729. The first kappa shape index (κ1) is 13.9. The topological polar surface area (TPSA) is 24.9 Å². The lowest BCUT2D eigenvalue weighted by atomic mass is 10.1. The molecule has 0 atom stereocenters. The van der Waals surface area contributed by atoms with Gasteiger partial charge in [-0.25, -0.2) is 0 Å². The molecule has 0 spiro atoms. The summed E-state index contributed by atoms with van der Waals surface area (Å²) in [6.07, 6.45) is 0. The number of hydrogen-bond acceptors (Lipinski definition) is 2. The Morgan fingerprint density at radius 3 is 2.67 bits per heavy atom. The van der Waals surface area contributed by atoms with Crippen molar-refractivity contribution in [2.75, 3.05) is 5.32 Å². The van der Waals surface area contributed by atoms with Gasteiger partial charge in [0.25, 0.3) is 0 Å². The lowest BCUT2D eigenvalue weighted by Crippen LogP contribution is -2.02. The summed E-state index contributed by atoms with van der Waals surface area (Å²) in [5.74, 6) is 0. The van der Waals surface area contributed by atoms with Crippen LogP contribution < -0.4 is 5.32 Å². The largest absolute Gasteiger partial charge is 0.380 e. The summed E-state index contributed by atoms with van der Waals surface area (Å²) >= 11 is 6.27. The Hall–Kier alpha value is -2.06. The Balaban J connectivity index is 1.91. The Labute approximate surface area is 129 Å². The smallest absolute Gasteiger partial charge is 0.0708 e. The molecule has 1 heterocycles. The van der Waals surface area contributed by atoms with Crippen molar-refractivity contribution in [1.82, 2.24) is 4.98 Å². The van der Waals surface area contributed by atoms with E-state index in [0.29, 0.717) is 0 Å². The SMILES string of the molecule is Cc1ccc(NCc2cc(C)nc3ccccc23)c(Cl)c1. The molecule has 0 aliphatic heterocycles. The zero-order chi connectivity index (χ0) is 14.8. The van der Waals surface area contributed by atoms with Crippen LogP contribution in [0.25, 0.3) is 10.9 Å². The van der Waals surface area contributed by atoms with E-state index in [1.165, 1.54) is 10.9 Å². The number of hydrogen-bond donors (Lipinski definition) is 1. The molecule has 3 heteroatoms. The number of aryl methyl sites for hydroxylation is 2. The van der Waals surface area contributed by atoms with Gasteiger partial charge in [-0.15, -0.1) is 0 Å². The van der Waals surface area contributed by atoms with Crippen molar-refractivity contribution in [3.63, 3.8) is 0 Å². The molecule has 2 nitrogen and oxygen atoms in total. The van der Waals surface area contributed by atoms with Crippen LogP contribution in [-0.4, -0.2) is 4.98 Å². The number of rotatable bonds is 3. The maximum atomic E-state index is 6.27. The van der Waals surface area contributed by atoms with Gasteiger partial charge in [-0.2, -0.15) is 0 Å². The van der Waals surface area contributed by atoms with E-state index in [-0.39, 0.29) is 0 Å². The summed E-state index contributed by atoms with van der Waals surface area (Å²) in [5, 5.41) is 5.35. The Morgan fingerprint density at radius 1 is 1.05 bits per heavy atom. The van der Waals surface area contributed by atoms with Crippen LogP contribution in [-0.2, 0) is 6.54 Å². The predicted molar refractivity (Wildman–Crippen MR) is 90.0 cm³/mol. The van der Waals surface area contributed by atoms with Crippen LogP contribution in [0.15, 0.2) is 48.5 Å². The molecule has 3 rings (SSSR count). The number of fused-ring (bicyclic) bond motifs is 1. The minimum absolute atomic E-state index is 0.729. The van der Waals surface area contributed by atoms with Crippen molar-refractivity contribution in [2.45, 2.75) is 20.4 Å². The molecule has 0 fully saturated rings. The van der Waals surface area contributed by atoms with Gasteiger partial charge in [0, 0.05) is 17.6 Å². The van der Waals surface area contributed by atoms with Gasteiger partial charge in [0.1, 0.15) is 0 Å². The number of nitrogens with zero attached hydrogens (tertiary/aromatic N) is 1. The quantitative estimate of drug-likeness (QED) is 0.726. The third-order valence-electron chi connectivity index (χ3n) is 3.52. The average Bonchev–Trinajstić information content (AvgIpc) is 2.46. The molecule has 0 amide bonds. The van der Waals surface area contributed by atoms with Gasteiger partial charge in [0.15, 0.2) is 0 Å². The van der Waals surface area contributed by atoms with Crippen LogP contribution in [0, 0.1) is 13.8 Å². The van der Waals surface area contributed by atoms with E-state index in [1.54, 1.807) is 0 Å². The van der Waals surface area contributed by atoms with E-state index in [1.807, 2.05) is 44.2 Å². The molecule has 0 saturated heterocycles. The summed E-state index contributed by atoms with van der Waals surface area (Å²) < 4.78 is 0. The van der Waals surface area contributed by atoms with Crippen LogP contribution in [0.3, 0.4) is 0 Å². The van der Waals surface area contributed by atoms with Crippen LogP contribution in [0.1, 0.15) is 16.8 Å². The van der Waals surface area contributed by atoms with E-state index in [4.69, 9.17) is 11.6 Å². The van der Waals surface area contributed by atoms with Gasteiger partial charge >= 0.3 is 0 Å².